The van der Waals surface area contributed by atoms with Gasteiger partial charge in [0, 0.05) is 18.5 Å². The van der Waals surface area contributed by atoms with Gasteiger partial charge in [-0.15, -0.1) is 0 Å². The van der Waals surface area contributed by atoms with Crippen molar-refractivity contribution in [2.45, 2.75) is 32.3 Å². The van der Waals surface area contributed by atoms with E-state index in [0.29, 0.717) is 24.5 Å². The van der Waals surface area contributed by atoms with Gasteiger partial charge in [0.15, 0.2) is 0 Å². The molecule has 1 aliphatic carbocycles. The molecule has 0 bridgehead atoms. The largest absolute Gasteiger partial charge is 0.376 e. The first-order chi connectivity index (χ1) is 12.6. The first-order valence-corrected chi connectivity index (χ1v) is 11.0. The van der Waals surface area contributed by atoms with E-state index < -0.39 is 0 Å². The maximum atomic E-state index is 6.03. The normalized spacial score (nSPS) is 31.0. The summed E-state index contributed by atoms with van der Waals surface area (Å²) in [4.78, 5) is 0. The van der Waals surface area contributed by atoms with Crippen LogP contribution in [0.4, 0.5) is 0 Å². The molecule has 2 heterocycles. The molecule has 7 heteroatoms. The van der Waals surface area contributed by atoms with E-state index >= 15 is 0 Å². The second kappa shape index (κ2) is 7.75. The molecule has 1 fully saturated rings. The summed E-state index contributed by atoms with van der Waals surface area (Å²) in [7, 11) is 0. The van der Waals surface area contributed by atoms with Gasteiger partial charge in [-0.3, -0.25) is 14.2 Å². The van der Waals surface area contributed by atoms with Crippen LogP contribution < -0.4 is 16.4 Å². The lowest BCUT2D eigenvalue weighted by atomic mass is 9.95. The summed E-state index contributed by atoms with van der Waals surface area (Å²) in [5.41, 5.74) is 9.65. The van der Waals surface area contributed by atoms with Crippen molar-refractivity contribution < 1.29 is 4.74 Å². The lowest BCUT2D eigenvalue weighted by molar-refractivity contribution is 0.0823. The smallest absolute Gasteiger partial charge is 0.137 e. The first kappa shape index (κ1) is 18.1. The lowest BCUT2D eigenvalue weighted by Gasteiger charge is -2.33. The topological polar surface area (TPSA) is 74.9 Å². The fourth-order valence-electron chi connectivity index (χ4n) is 3.85. The maximum absolute atomic E-state index is 6.03. The van der Waals surface area contributed by atoms with Crippen molar-refractivity contribution in [3.05, 3.63) is 59.6 Å². The Morgan fingerprint density at radius 3 is 3.00 bits per heavy atom. The highest BCUT2D eigenvalue weighted by atomic mass is 127. The van der Waals surface area contributed by atoms with Crippen LogP contribution in [0.15, 0.2) is 57.1 Å². The molecule has 0 spiro atoms. The Morgan fingerprint density at radius 2 is 2.19 bits per heavy atom. The lowest BCUT2D eigenvalue weighted by Crippen LogP contribution is -2.55. The summed E-state index contributed by atoms with van der Waals surface area (Å²) in [5, 5.41) is 6.57. The molecule has 1 saturated carbocycles. The molecule has 140 valence electrons. The molecule has 2 aliphatic heterocycles. The summed E-state index contributed by atoms with van der Waals surface area (Å²) >= 11 is -0.381. The van der Waals surface area contributed by atoms with E-state index in [1.807, 2.05) is 6.07 Å². The zero-order valence-electron chi connectivity index (χ0n) is 15.0. The minimum atomic E-state index is -0.381. The van der Waals surface area contributed by atoms with Gasteiger partial charge >= 0.3 is 0 Å². The van der Waals surface area contributed by atoms with Crippen molar-refractivity contribution in [3.8, 4) is 0 Å². The number of hydrogen-bond donors (Lipinski definition) is 3. The third-order valence-corrected chi connectivity index (χ3v) is 7.89. The van der Waals surface area contributed by atoms with Crippen molar-refractivity contribution >= 4 is 21.3 Å². The molecule has 4 atom stereocenters. The van der Waals surface area contributed by atoms with Crippen molar-refractivity contribution in [1.29, 1.82) is 0 Å². The van der Waals surface area contributed by atoms with E-state index in [4.69, 9.17) is 13.6 Å². The Labute approximate surface area is 165 Å². The molecule has 1 aromatic carbocycles. The molecule has 1 unspecified atom stereocenters. The number of hydrogen-bond acceptors (Lipinski definition) is 6. The van der Waals surface area contributed by atoms with Crippen molar-refractivity contribution in [3.63, 3.8) is 0 Å². The Bertz CT molecular complexity index is 735. The third-order valence-electron chi connectivity index (χ3n) is 5.43. The van der Waals surface area contributed by atoms with E-state index in [-0.39, 0.29) is 27.6 Å². The van der Waals surface area contributed by atoms with Gasteiger partial charge in [-0.2, -0.15) is 0 Å². The van der Waals surface area contributed by atoms with Gasteiger partial charge in [0.05, 0.1) is 13.2 Å². The minimum Gasteiger partial charge on any atom is -0.376 e. The maximum Gasteiger partial charge on any atom is 0.137 e. The molecule has 0 radical (unpaired) electrons. The first-order valence-electron chi connectivity index (χ1n) is 9.06. The van der Waals surface area contributed by atoms with Crippen LogP contribution in [0, 0.1) is 11.8 Å². The Balaban J connectivity index is 1.39. The van der Waals surface area contributed by atoms with Crippen LogP contribution in [0.3, 0.4) is 0 Å². The number of rotatable bonds is 5. The second-order valence-electron chi connectivity index (χ2n) is 7.17. The third kappa shape index (κ3) is 3.58. The Hall–Kier alpha value is -1.29. The van der Waals surface area contributed by atoms with E-state index in [1.54, 1.807) is 0 Å². The highest BCUT2D eigenvalue weighted by molar-refractivity contribution is 14.1. The summed E-state index contributed by atoms with van der Waals surface area (Å²) in [6, 6.07) is 10.8. The van der Waals surface area contributed by atoms with Gasteiger partial charge in [0.25, 0.3) is 0 Å². The SMILES string of the molecule is C=C1C[C@H](N2I=NC3=C2NC(N)NC3)[C@@H](C)[C@@H]1COCc1ccccc1. The molecule has 1 aromatic rings. The van der Waals surface area contributed by atoms with E-state index in [9.17, 15) is 0 Å². The number of halogens is 1. The van der Waals surface area contributed by atoms with Crippen LogP contribution >= 0.6 is 21.3 Å². The predicted molar refractivity (Wildman–Crippen MR) is 111 cm³/mol. The molecule has 26 heavy (non-hydrogen) atoms. The minimum absolute atomic E-state index is 0.196. The van der Waals surface area contributed by atoms with Crippen molar-refractivity contribution in [2.24, 2.45) is 20.7 Å². The molecule has 4 rings (SSSR count). The van der Waals surface area contributed by atoms with Crippen LogP contribution in [0.25, 0.3) is 0 Å². The van der Waals surface area contributed by atoms with Gasteiger partial charge in [-0.1, -0.05) is 49.4 Å². The zero-order chi connectivity index (χ0) is 18.1. The van der Waals surface area contributed by atoms with Gasteiger partial charge in [-0.25, -0.2) is 3.15 Å². The molecule has 6 nitrogen and oxygen atoms in total. The van der Waals surface area contributed by atoms with Crippen molar-refractivity contribution in [1.82, 2.24) is 13.7 Å². The summed E-state index contributed by atoms with van der Waals surface area (Å²) in [5.74, 6) is 2.03. The molecule has 4 N–H and O–H groups in total. The summed E-state index contributed by atoms with van der Waals surface area (Å²) in [6.45, 7) is 8.82. The molecule has 0 aromatic heterocycles. The fraction of sp³-hybridized carbons (Fsp3) is 0.474. The van der Waals surface area contributed by atoms with E-state index in [2.05, 4.69) is 51.5 Å². The van der Waals surface area contributed by atoms with Gasteiger partial charge in [0.1, 0.15) is 39.1 Å². The number of nitrogens with one attached hydrogen (secondary N) is 2. The van der Waals surface area contributed by atoms with Crippen LogP contribution in [0.2, 0.25) is 0 Å². The van der Waals surface area contributed by atoms with Crippen LogP contribution in [0.1, 0.15) is 18.9 Å². The molecule has 0 amide bonds. The van der Waals surface area contributed by atoms with Gasteiger partial charge < -0.3 is 10.1 Å². The van der Waals surface area contributed by atoms with Gasteiger partial charge in [0.2, 0.25) is 0 Å². The molecule has 3 aliphatic rings. The highest BCUT2D eigenvalue weighted by Gasteiger charge is 2.42. The van der Waals surface area contributed by atoms with Crippen LogP contribution in [0.5, 0.6) is 0 Å². The Morgan fingerprint density at radius 1 is 1.38 bits per heavy atom. The summed E-state index contributed by atoms with van der Waals surface area (Å²) in [6.07, 6.45) is 0.815. The van der Waals surface area contributed by atoms with Crippen molar-refractivity contribution in [2.75, 3.05) is 13.2 Å². The monoisotopic (exact) mass is 467 g/mol. The fourth-order valence-corrected chi connectivity index (χ4v) is 6.40. The Kier molecular flexibility index (Phi) is 5.40. The average molecular weight is 467 g/mol. The number of nitrogens with zero attached hydrogens (tertiary/aromatic N) is 2. The second-order valence-corrected chi connectivity index (χ2v) is 9.12. The number of nitrogens with two attached hydrogens (primary N) is 1. The zero-order valence-corrected chi connectivity index (χ0v) is 17.1. The standard InChI is InChI=1S/C19H26IN5O/c1-12-8-17(25-18-16(24-20-25)9-22-19(21)23-18)13(2)15(12)11-26-10-14-6-4-3-5-7-14/h3-7,13,15,17,19,22-23H,1,8-11,21H2,2H3/t13-,15+,17-,19?/m0/s1. The number of ether oxygens (including phenoxy) is 1. The molecular formula is C19H26IN5O. The number of benzene rings is 1. The average Bonchev–Trinajstić information content (AvgIpc) is 3.17. The van der Waals surface area contributed by atoms with Crippen LogP contribution in [-0.4, -0.2) is 28.6 Å². The van der Waals surface area contributed by atoms with E-state index in [0.717, 1.165) is 31.1 Å². The van der Waals surface area contributed by atoms with Gasteiger partial charge in [-0.05, 0) is 17.9 Å². The molecular weight excluding hydrogens is 441 g/mol. The quantitative estimate of drug-likeness (QED) is 0.353. The molecule has 0 saturated heterocycles. The summed E-state index contributed by atoms with van der Waals surface area (Å²) < 4.78 is 13.3. The van der Waals surface area contributed by atoms with Crippen LogP contribution in [-0.2, 0) is 11.3 Å². The predicted octanol–water partition coefficient (Wildman–Crippen LogP) is 2.77. The highest BCUT2D eigenvalue weighted by Crippen LogP contribution is 2.45. The van der Waals surface area contributed by atoms with E-state index in [1.165, 1.54) is 11.1 Å².